The average molecular weight is 232 g/mol. The van der Waals surface area contributed by atoms with E-state index in [4.69, 9.17) is 0 Å². The summed E-state index contributed by atoms with van der Waals surface area (Å²) in [5, 5.41) is 0. The second-order valence-corrected chi connectivity index (χ2v) is 5.17. The van der Waals surface area contributed by atoms with Crippen molar-refractivity contribution >= 4 is 6.08 Å². The highest BCUT2D eigenvalue weighted by atomic mass is 15.3. The molecule has 0 spiro atoms. The van der Waals surface area contributed by atoms with Crippen molar-refractivity contribution in [3.05, 3.63) is 42.0 Å². The van der Waals surface area contributed by atoms with Gasteiger partial charge in [0.15, 0.2) is 0 Å². The lowest BCUT2D eigenvalue weighted by Gasteiger charge is -2.34. The van der Waals surface area contributed by atoms with Crippen LogP contribution in [0, 0.1) is 0 Å². The number of rotatable bonds is 7. The van der Waals surface area contributed by atoms with E-state index in [1.54, 1.807) is 0 Å². The lowest BCUT2D eigenvalue weighted by atomic mass is 10.1. The molecule has 0 radical (unpaired) electrons. The van der Waals surface area contributed by atoms with Crippen LogP contribution in [-0.2, 0) is 6.54 Å². The van der Waals surface area contributed by atoms with E-state index in [9.17, 15) is 0 Å². The normalized spacial score (nSPS) is 11.5. The molecule has 0 aliphatic carbocycles. The van der Waals surface area contributed by atoms with Crippen LogP contribution in [0.25, 0.3) is 6.08 Å². The fraction of sp³-hybridized carbons (Fsp3) is 0.500. The van der Waals surface area contributed by atoms with E-state index in [0.29, 0.717) is 0 Å². The van der Waals surface area contributed by atoms with Gasteiger partial charge in [0.25, 0.3) is 0 Å². The summed E-state index contributed by atoms with van der Waals surface area (Å²) in [6.07, 6.45) is 4.40. The predicted molar refractivity (Wildman–Crippen MR) is 76.7 cm³/mol. The van der Waals surface area contributed by atoms with Gasteiger partial charge in [-0.1, -0.05) is 50.8 Å². The number of hydrogen-bond acceptors (Lipinski definition) is 0. The van der Waals surface area contributed by atoms with Gasteiger partial charge in [0.1, 0.15) is 6.54 Å². The van der Waals surface area contributed by atoms with Crippen LogP contribution < -0.4 is 0 Å². The van der Waals surface area contributed by atoms with Gasteiger partial charge in [-0.3, -0.25) is 0 Å². The van der Waals surface area contributed by atoms with Gasteiger partial charge in [-0.2, -0.15) is 0 Å². The van der Waals surface area contributed by atoms with Gasteiger partial charge in [-0.15, -0.1) is 0 Å². The van der Waals surface area contributed by atoms with Gasteiger partial charge in [-0.25, -0.2) is 0 Å². The van der Waals surface area contributed by atoms with E-state index in [-0.39, 0.29) is 0 Å². The van der Waals surface area contributed by atoms with Gasteiger partial charge >= 0.3 is 0 Å². The molecular weight excluding hydrogens is 206 g/mol. The van der Waals surface area contributed by atoms with E-state index in [1.165, 1.54) is 37.1 Å². The maximum absolute atomic E-state index is 3.79. The molecule has 0 aliphatic heterocycles. The molecule has 0 heterocycles. The molecule has 0 saturated heterocycles. The Morgan fingerprint density at radius 2 is 1.59 bits per heavy atom. The molecule has 0 fully saturated rings. The second-order valence-electron chi connectivity index (χ2n) is 5.17. The van der Waals surface area contributed by atoms with Crippen molar-refractivity contribution in [1.29, 1.82) is 0 Å². The van der Waals surface area contributed by atoms with Crippen molar-refractivity contribution in [3.63, 3.8) is 0 Å². The largest absolute Gasteiger partial charge is 0.322 e. The minimum absolute atomic E-state index is 1.14. The topological polar surface area (TPSA) is 0 Å². The van der Waals surface area contributed by atoms with E-state index in [0.717, 1.165) is 11.0 Å². The van der Waals surface area contributed by atoms with Crippen LogP contribution in [-0.4, -0.2) is 24.6 Å². The van der Waals surface area contributed by atoms with Gasteiger partial charge < -0.3 is 4.48 Å². The minimum Gasteiger partial charge on any atom is -0.322 e. The summed E-state index contributed by atoms with van der Waals surface area (Å²) in [5.74, 6) is 0. The van der Waals surface area contributed by atoms with Gasteiger partial charge in [-0.05, 0) is 18.4 Å². The summed E-state index contributed by atoms with van der Waals surface area (Å²) in [6.45, 7) is 12.0. The molecule has 0 aliphatic rings. The van der Waals surface area contributed by atoms with Crippen LogP contribution >= 0.6 is 0 Å². The number of hydrogen-bond donors (Lipinski definition) is 0. The molecule has 0 bridgehead atoms. The summed E-state index contributed by atoms with van der Waals surface area (Å²) in [4.78, 5) is 0. The van der Waals surface area contributed by atoms with Crippen molar-refractivity contribution in [1.82, 2.24) is 0 Å². The highest BCUT2D eigenvalue weighted by molar-refractivity contribution is 5.47. The Morgan fingerprint density at radius 1 is 1.06 bits per heavy atom. The Kier molecular flexibility index (Phi) is 5.43. The maximum atomic E-state index is 3.79. The smallest absolute Gasteiger partial charge is 0.104 e. The summed E-state index contributed by atoms with van der Waals surface area (Å²) >= 11 is 0. The molecule has 17 heavy (non-hydrogen) atoms. The molecule has 1 rings (SSSR count). The SMILES string of the molecule is C=Cc1ccc(C[N+](C)(CCC)CCC)cc1. The van der Waals surface area contributed by atoms with Crippen LogP contribution in [0.2, 0.25) is 0 Å². The van der Waals surface area contributed by atoms with E-state index in [1.807, 2.05) is 6.08 Å². The van der Waals surface area contributed by atoms with E-state index in [2.05, 4.69) is 51.7 Å². The first-order valence-corrected chi connectivity index (χ1v) is 6.68. The Balaban J connectivity index is 2.74. The van der Waals surface area contributed by atoms with Crippen LogP contribution in [0.1, 0.15) is 37.8 Å². The molecule has 1 aromatic carbocycles. The molecule has 0 N–H and O–H groups in total. The number of quaternary nitrogens is 1. The minimum atomic E-state index is 1.14. The van der Waals surface area contributed by atoms with E-state index >= 15 is 0 Å². The Morgan fingerprint density at radius 3 is 2.00 bits per heavy atom. The summed E-state index contributed by atoms with van der Waals surface area (Å²) in [5.41, 5.74) is 2.63. The van der Waals surface area contributed by atoms with Crippen molar-refractivity contribution in [2.75, 3.05) is 20.1 Å². The summed E-state index contributed by atoms with van der Waals surface area (Å²) in [6, 6.07) is 8.78. The summed E-state index contributed by atoms with van der Waals surface area (Å²) < 4.78 is 1.15. The standard InChI is InChI=1S/C16H26N/c1-5-12-17(4,13-6-2)14-16-10-8-15(7-3)9-11-16/h7-11H,3,5-6,12-14H2,1-2,4H3/q+1. The first-order valence-electron chi connectivity index (χ1n) is 6.68. The number of nitrogens with zero attached hydrogens (tertiary/aromatic N) is 1. The zero-order valence-electron chi connectivity index (χ0n) is 11.6. The monoisotopic (exact) mass is 232 g/mol. The van der Waals surface area contributed by atoms with Crippen LogP contribution in [0.5, 0.6) is 0 Å². The summed E-state index contributed by atoms with van der Waals surface area (Å²) in [7, 11) is 2.37. The van der Waals surface area contributed by atoms with Crippen molar-refractivity contribution in [2.45, 2.75) is 33.2 Å². The first-order chi connectivity index (χ1) is 8.13. The molecule has 1 nitrogen and oxygen atoms in total. The molecule has 1 heteroatoms. The molecule has 0 atom stereocenters. The molecular formula is C16H26N+. The fourth-order valence-electron chi connectivity index (χ4n) is 2.55. The van der Waals surface area contributed by atoms with E-state index < -0.39 is 0 Å². The Hall–Kier alpha value is -1.08. The van der Waals surface area contributed by atoms with Crippen molar-refractivity contribution < 1.29 is 4.48 Å². The zero-order chi connectivity index (χ0) is 12.7. The third-order valence-electron chi connectivity index (χ3n) is 3.31. The highest BCUT2D eigenvalue weighted by Gasteiger charge is 2.19. The second kappa shape index (κ2) is 6.61. The molecule has 94 valence electrons. The molecule has 0 saturated carbocycles. The zero-order valence-corrected chi connectivity index (χ0v) is 11.6. The lowest BCUT2D eigenvalue weighted by Crippen LogP contribution is -2.44. The fourth-order valence-corrected chi connectivity index (χ4v) is 2.55. The van der Waals surface area contributed by atoms with Gasteiger partial charge in [0.2, 0.25) is 0 Å². The third-order valence-corrected chi connectivity index (χ3v) is 3.31. The highest BCUT2D eigenvalue weighted by Crippen LogP contribution is 2.15. The molecule has 0 amide bonds. The third kappa shape index (κ3) is 4.35. The predicted octanol–water partition coefficient (Wildman–Crippen LogP) is 4.10. The van der Waals surface area contributed by atoms with Crippen LogP contribution in [0.4, 0.5) is 0 Å². The van der Waals surface area contributed by atoms with Gasteiger partial charge in [0.05, 0.1) is 20.1 Å². The number of benzene rings is 1. The molecule has 1 aromatic rings. The maximum Gasteiger partial charge on any atom is 0.104 e. The average Bonchev–Trinajstić information content (AvgIpc) is 2.30. The Bertz CT molecular complexity index is 331. The van der Waals surface area contributed by atoms with Crippen LogP contribution in [0.3, 0.4) is 0 Å². The van der Waals surface area contributed by atoms with Crippen molar-refractivity contribution in [2.24, 2.45) is 0 Å². The Labute approximate surface area is 106 Å². The van der Waals surface area contributed by atoms with Crippen LogP contribution in [0.15, 0.2) is 30.8 Å². The quantitative estimate of drug-likeness (QED) is 0.621. The molecule has 0 unspecified atom stereocenters. The molecule has 0 aromatic heterocycles. The lowest BCUT2D eigenvalue weighted by molar-refractivity contribution is -0.922. The first kappa shape index (κ1) is 14.0. The van der Waals surface area contributed by atoms with Crippen molar-refractivity contribution in [3.8, 4) is 0 Å². The van der Waals surface area contributed by atoms with Gasteiger partial charge in [0, 0.05) is 5.56 Å².